The molecule has 1 heteroatoms. The van der Waals surface area contributed by atoms with Gasteiger partial charge in [0.1, 0.15) is 0 Å². The standard InChI is InChI=1S/C7H13N/c1-7-3-2-5-8-6-4-7/h4,8H,2-3,5-6H2,1H3. The van der Waals surface area contributed by atoms with Crippen LogP contribution in [0.3, 0.4) is 0 Å². The zero-order chi connectivity index (χ0) is 5.82. The Balaban J connectivity index is 2.36. The number of allylic oxidation sites excluding steroid dienone is 1. The summed E-state index contributed by atoms with van der Waals surface area (Å²) in [6.07, 6.45) is 4.86. The number of hydrogen-bond acceptors (Lipinski definition) is 1. The SMILES string of the molecule is CC1=CCNCCC1. The van der Waals surface area contributed by atoms with Crippen LogP contribution in [0.4, 0.5) is 0 Å². The molecule has 0 spiro atoms. The Hall–Kier alpha value is -0.300. The van der Waals surface area contributed by atoms with Crippen molar-refractivity contribution in [1.29, 1.82) is 0 Å². The molecule has 1 aliphatic rings. The first-order valence-corrected chi connectivity index (χ1v) is 3.26. The summed E-state index contributed by atoms with van der Waals surface area (Å²) in [6.45, 7) is 4.46. The van der Waals surface area contributed by atoms with Crippen LogP contribution in [-0.4, -0.2) is 13.1 Å². The van der Waals surface area contributed by atoms with E-state index in [1.54, 1.807) is 0 Å². The minimum absolute atomic E-state index is 1.08. The van der Waals surface area contributed by atoms with E-state index >= 15 is 0 Å². The van der Waals surface area contributed by atoms with Gasteiger partial charge in [0.2, 0.25) is 0 Å². The van der Waals surface area contributed by atoms with Crippen LogP contribution in [0.2, 0.25) is 0 Å². The molecule has 0 saturated carbocycles. The van der Waals surface area contributed by atoms with Crippen LogP contribution in [0.25, 0.3) is 0 Å². The van der Waals surface area contributed by atoms with E-state index in [0.717, 1.165) is 6.54 Å². The highest BCUT2D eigenvalue weighted by molar-refractivity contribution is 5.00. The lowest BCUT2D eigenvalue weighted by atomic mass is 10.2. The average Bonchev–Trinajstić information content (AvgIpc) is 1.94. The third-order valence-corrected chi connectivity index (χ3v) is 1.52. The second-order valence-corrected chi connectivity index (χ2v) is 2.36. The first-order chi connectivity index (χ1) is 3.89. The van der Waals surface area contributed by atoms with E-state index in [0.29, 0.717) is 0 Å². The predicted molar refractivity (Wildman–Crippen MR) is 35.9 cm³/mol. The molecule has 0 unspecified atom stereocenters. The Bertz CT molecular complexity index is 94.6. The van der Waals surface area contributed by atoms with Gasteiger partial charge in [-0.25, -0.2) is 0 Å². The molecule has 0 bridgehead atoms. The van der Waals surface area contributed by atoms with Crippen molar-refractivity contribution in [3.63, 3.8) is 0 Å². The summed E-state index contributed by atoms with van der Waals surface area (Å²) in [6, 6.07) is 0. The Morgan fingerprint density at radius 3 is 3.38 bits per heavy atom. The number of nitrogens with one attached hydrogen (secondary N) is 1. The zero-order valence-corrected chi connectivity index (χ0v) is 5.41. The van der Waals surface area contributed by atoms with E-state index in [-0.39, 0.29) is 0 Å². The monoisotopic (exact) mass is 111 g/mol. The third kappa shape index (κ3) is 1.66. The first kappa shape index (κ1) is 5.83. The molecule has 46 valence electrons. The summed E-state index contributed by atoms with van der Waals surface area (Å²) in [4.78, 5) is 0. The average molecular weight is 111 g/mol. The second-order valence-electron chi connectivity index (χ2n) is 2.36. The summed E-state index contributed by atoms with van der Waals surface area (Å²) >= 11 is 0. The minimum atomic E-state index is 1.08. The highest BCUT2D eigenvalue weighted by atomic mass is 14.8. The smallest absolute Gasteiger partial charge is 0.0137 e. The second kappa shape index (κ2) is 2.88. The van der Waals surface area contributed by atoms with Gasteiger partial charge in [0, 0.05) is 6.54 Å². The largest absolute Gasteiger partial charge is 0.313 e. The van der Waals surface area contributed by atoms with Gasteiger partial charge in [0.05, 0.1) is 0 Å². The predicted octanol–water partition coefficient (Wildman–Crippen LogP) is 1.32. The normalized spacial score (nSPS) is 21.9. The molecule has 1 heterocycles. The molecule has 1 aliphatic heterocycles. The Morgan fingerprint density at radius 1 is 1.62 bits per heavy atom. The van der Waals surface area contributed by atoms with Gasteiger partial charge < -0.3 is 5.32 Å². The van der Waals surface area contributed by atoms with Crippen LogP contribution in [-0.2, 0) is 0 Å². The van der Waals surface area contributed by atoms with Crippen LogP contribution >= 0.6 is 0 Å². The van der Waals surface area contributed by atoms with E-state index in [4.69, 9.17) is 0 Å². The van der Waals surface area contributed by atoms with Crippen molar-refractivity contribution in [3.05, 3.63) is 11.6 Å². The van der Waals surface area contributed by atoms with Crippen molar-refractivity contribution in [3.8, 4) is 0 Å². The van der Waals surface area contributed by atoms with Crippen LogP contribution < -0.4 is 5.32 Å². The van der Waals surface area contributed by atoms with E-state index in [1.807, 2.05) is 0 Å². The van der Waals surface area contributed by atoms with Gasteiger partial charge in [0.15, 0.2) is 0 Å². The summed E-state index contributed by atoms with van der Waals surface area (Å²) in [5.41, 5.74) is 1.54. The van der Waals surface area contributed by atoms with Crippen LogP contribution in [0.1, 0.15) is 19.8 Å². The van der Waals surface area contributed by atoms with E-state index in [2.05, 4.69) is 18.3 Å². The molecule has 0 saturated heterocycles. The maximum Gasteiger partial charge on any atom is 0.0137 e. The molecule has 0 aliphatic carbocycles. The summed E-state index contributed by atoms with van der Waals surface area (Å²) in [5, 5.41) is 3.30. The molecule has 0 fully saturated rings. The molecule has 0 aromatic carbocycles. The van der Waals surface area contributed by atoms with Gasteiger partial charge in [-0.3, -0.25) is 0 Å². The highest BCUT2D eigenvalue weighted by Gasteiger charge is 1.94. The quantitative estimate of drug-likeness (QED) is 0.465. The van der Waals surface area contributed by atoms with Gasteiger partial charge in [-0.1, -0.05) is 11.6 Å². The van der Waals surface area contributed by atoms with Crippen LogP contribution in [0.5, 0.6) is 0 Å². The molecule has 1 N–H and O–H groups in total. The van der Waals surface area contributed by atoms with Crippen molar-refractivity contribution in [2.45, 2.75) is 19.8 Å². The molecule has 0 aromatic heterocycles. The van der Waals surface area contributed by atoms with Crippen molar-refractivity contribution in [2.75, 3.05) is 13.1 Å². The van der Waals surface area contributed by atoms with Crippen LogP contribution in [0.15, 0.2) is 11.6 Å². The third-order valence-electron chi connectivity index (χ3n) is 1.52. The fourth-order valence-electron chi connectivity index (χ4n) is 0.943. The molecule has 1 nitrogen and oxygen atoms in total. The van der Waals surface area contributed by atoms with E-state index in [1.165, 1.54) is 25.0 Å². The van der Waals surface area contributed by atoms with Crippen molar-refractivity contribution >= 4 is 0 Å². The zero-order valence-electron chi connectivity index (χ0n) is 5.41. The lowest BCUT2D eigenvalue weighted by Crippen LogP contribution is -2.12. The highest BCUT2D eigenvalue weighted by Crippen LogP contribution is 2.03. The Kier molecular flexibility index (Phi) is 2.10. The van der Waals surface area contributed by atoms with Gasteiger partial charge in [-0.15, -0.1) is 0 Å². The topological polar surface area (TPSA) is 12.0 Å². The van der Waals surface area contributed by atoms with Crippen molar-refractivity contribution in [1.82, 2.24) is 5.32 Å². The van der Waals surface area contributed by atoms with Gasteiger partial charge in [-0.05, 0) is 26.3 Å². The number of hydrogen-bond donors (Lipinski definition) is 1. The molecule has 0 radical (unpaired) electrons. The van der Waals surface area contributed by atoms with Crippen LogP contribution in [0, 0.1) is 0 Å². The molecular formula is C7H13N. The van der Waals surface area contributed by atoms with Gasteiger partial charge in [0.25, 0.3) is 0 Å². The summed E-state index contributed by atoms with van der Waals surface area (Å²) in [5.74, 6) is 0. The van der Waals surface area contributed by atoms with Gasteiger partial charge in [-0.2, -0.15) is 0 Å². The van der Waals surface area contributed by atoms with Crippen molar-refractivity contribution in [2.24, 2.45) is 0 Å². The Morgan fingerprint density at radius 2 is 2.50 bits per heavy atom. The fraction of sp³-hybridized carbons (Fsp3) is 0.714. The van der Waals surface area contributed by atoms with E-state index < -0.39 is 0 Å². The van der Waals surface area contributed by atoms with E-state index in [9.17, 15) is 0 Å². The lowest BCUT2D eigenvalue weighted by Gasteiger charge is -1.92. The number of rotatable bonds is 0. The molecular weight excluding hydrogens is 98.1 g/mol. The fourth-order valence-corrected chi connectivity index (χ4v) is 0.943. The molecule has 0 amide bonds. The molecule has 1 rings (SSSR count). The molecule has 0 aromatic rings. The first-order valence-electron chi connectivity index (χ1n) is 3.26. The van der Waals surface area contributed by atoms with Crippen molar-refractivity contribution < 1.29 is 0 Å². The maximum absolute atomic E-state index is 3.30. The summed E-state index contributed by atoms with van der Waals surface area (Å²) in [7, 11) is 0. The summed E-state index contributed by atoms with van der Waals surface area (Å²) < 4.78 is 0. The van der Waals surface area contributed by atoms with Gasteiger partial charge >= 0.3 is 0 Å². The maximum atomic E-state index is 3.30. The lowest BCUT2D eigenvalue weighted by molar-refractivity contribution is 0.715. The molecule has 8 heavy (non-hydrogen) atoms. The minimum Gasteiger partial charge on any atom is -0.313 e. The Labute approximate surface area is 50.8 Å². The molecule has 0 atom stereocenters.